The predicted octanol–water partition coefficient (Wildman–Crippen LogP) is 2.68. The van der Waals surface area contributed by atoms with Crippen molar-refractivity contribution < 1.29 is 9.53 Å². The SMILES string of the molecule is Cc1ccc(OC(=O)CCCC2CCCN(C(=N)N)C2)cc1. The van der Waals surface area contributed by atoms with Gasteiger partial charge in [-0.2, -0.15) is 0 Å². The summed E-state index contributed by atoms with van der Waals surface area (Å²) in [5.74, 6) is 1.10. The average Bonchev–Trinajstić information content (AvgIpc) is 2.50. The van der Waals surface area contributed by atoms with Crippen LogP contribution >= 0.6 is 0 Å². The van der Waals surface area contributed by atoms with Crippen LogP contribution in [0, 0.1) is 18.3 Å². The Kier molecular flexibility index (Phi) is 5.81. The summed E-state index contributed by atoms with van der Waals surface area (Å²) >= 11 is 0. The molecule has 5 heteroatoms. The third-order valence-corrected chi connectivity index (χ3v) is 4.11. The number of carbonyl (C=O) groups is 1. The van der Waals surface area contributed by atoms with Gasteiger partial charge in [-0.05, 0) is 50.7 Å². The molecule has 1 saturated heterocycles. The lowest BCUT2D eigenvalue weighted by atomic mass is 9.93. The second kappa shape index (κ2) is 7.82. The molecule has 5 nitrogen and oxygen atoms in total. The first-order valence-corrected chi connectivity index (χ1v) is 7.91. The van der Waals surface area contributed by atoms with E-state index < -0.39 is 0 Å². The highest BCUT2D eigenvalue weighted by Gasteiger charge is 2.20. The molecule has 1 unspecified atom stereocenters. The van der Waals surface area contributed by atoms with E-state index in [0.29, 0.717) is 18.1 Å². The first-order chi connectivity index (χ1) is 10.5. The van der Waals surface area contributed by atoms with Gasteiger partial charge in [-0.1, -0.05) is 17.7 Å². The van der Waals surface area contributed by atoms with Crippen LogP contribution in [0.1, 0.15) is 37.7 Å². The quantitative estimate of drug-likeness (QED) is 0.379. The molecule has 1 aromatic carbocycles. The fourth-order valence-electron chi connectivity index (χ4n) is 2.84. The van der Waals surface area contributed by atoms with Gasteiger partial charge in [-0.3, -0.25) is 10.2 Å². The van der Waals surface area contributed by atoms with Crippen molar-refractivity contribution in [3.8, 4) is 5.75 Å². The Balaban J connectivity index is 1.68. The largest absolute Gasteiger partial charge is 0.427 e. The number of nitrogens with zero attached hydrogens (tertiary/aromatic N) is 1. The highest BCUT2D eigenvalue weighted by Crippen LogP contribution is 2.21. The number of aryl methyl sites for hydroxylation is 1. The molecule has 1 aromatic rings. The number of hydrogen-bond donors (Lipinski definition) is 2. The van der Waals surface area contributed by atoms with Gasteiger partial charge in [-0.25, -0.2) is 0 Å². The molecule has 0 spiro atoms. The van der Waals surface area contributed by atoms with Gasteiger partial charge in [0.15, 0.2) is 5.96 Å². The van der Waals surface area contributed by atoms with E-state index >= 15 is 0 Å². The van der Waals surface area contributed by atoms with Gasteiger partial charge in [0.05, 0.1) is 0 Å². The molecule has 1 aliphatic rings. The van der Waals surface area contributed by atoms with Crippen LogP contribution in [0.15, 0.2) is 24.3 Å². The van der Waals surface area contributed by atoms with E-state index in [1.54, 1.807) is 0 Å². The molecule has 1 fully saturated rings. The van der Waals surface area contributed by atoms with Crippen molar-refractivity contribution >= 4 is 11.9 Å². The Morgan fingerprint density at radius 2 is 2.14 bits per heavy atom. The number of nitrogens with one attached hydrogen (secondary N) is 1. The summed E-state index contributed by atoms with van der Waals surface area (Å²) in [7, 11) is 0. The maximum absolute atomic E-state index is 11.8. The maximum atomic E-state index is 11.8. The van der Waals surface area contributed by atoms with Gasteiger partial charge in [-0.15, -0.1) is 0 Å². The Labute approximate surface area is 132 Å². The van der Waals surface area contributed by atoms with Crippen LogP contribution in [0.3, 0.4) is 0 Å². The summed E-state index contributed by atoms with van der Waals surface area (Å²) in [6.45, 7) is 3.71. The normalized spacial score (nSPS) is 18.0. The first kappa shape index (κ1) is 16.3. The molecular formula is C17H25N3O2. The van der Waals surface area contributed by atoms with Crippen molar-refractivity contribution in [2.24, 2.45) is 11.7 Å². The number of hydrogen-bond acceptors (Lipinski definition) is 3. The van der Waals surface area contributed by atoms with Crippen molar-refractivity contribution in [2.75, 3.05) is 13.1 Å². The van der Waals surface area contributed by atoms with E-state index in [1.807, 2.05) is 36.1 Å². The molecule has 1 aliphatic heterocycles. The van der Waals surface area contributed by atoms with Crippen LogP contribution in [0.5, 0.6) is 5.75 Å². The smallest absolute Gasteiger partial charge is 0.311 e. The summed E-state index contributed by atoms with van der Waals surface area (Å²) in [5, 5.41) is 7.49. The number of nitrogens with two attached hydrogens (primary N) is 1. The summed E-state index contributed by atoms with van der Waals surface area (Å²) in [5.41, 5.74) is 6.68. The number of piperidine rings is 1. The fourth-order valence-corrected chi connectivity index (χ4v) is 2.84. The van der Waals surface area contributed by atoms with E-state index in [0.717, 1.165) is 44.3 Å². The van der Waals surface area contributed by atoms with Crippen LogP contribution < -0.4 is 10.5 Å². The van der Waals surface area contributed by atoms with Crippen molar-refractivity contribution in [3.05, 3.63) is 29.8 Å². The Morgan fingerprint density at radius 1 is 1.41 bits per heavy atom. The van der Waals surface area contributed by atoms with Crippen molar-refractivity contribution in [3.63, 3.8) is 0 Å². The fraction of sp³-hybridized carbons (Fsp3) is 0.529. The van der Waals surface area contributed by atoms with Gasteiger partial charge in [0.1, 0.15) is 5.75 Å². The van der Waals surface area contributed by atoms with Gasteiger partial charge in [0, 0.05) is 19.5 Å². The molecular weight excluding hydrogens is 278 g/mol. The van der Waals surface area contributed by atoms with Crippen LogP contribution in [0.25, 0.3) is 0 Å². The molecule has 2 rings (SSSR count). The van der Waals surface area contributed by atoms with E-state index in [9.17, 15) is 4.79 Å². The standard InChI is InChI=1S/C17H25N3O2/c1-13-7-9-15(10-8-13)22-16(21)6-2-4-14-5-3-11-20(12-14)17(18)19/h7-10,14H,2-6,11-12H2,1H3,(H3,18,19). The number of esters is 1. The first-order valence-electron chi connectivity index (χ1n) is 7.91. The predicted molar refractivity (Wildman–Crippen MR) is 86.9 cm³/mol. The molecule has 0 saturated carbocycles. The lowest BCUT2D eigenvalue weighted by Crippen LogP contribution is -2.43. The van der Waals surface area contributed by atoms with Gasteiger partial charge < -0.3 is 15.4 Å². The van der Waals surface area contributed by atoms with Crippen molar-refractivity contribution in [1.29, 1.82) is 5.41 Å². The Morgan fingerprint density at radius 3 is 2.82 bits per heavy atom. The molecule has 0 radical (unpaired) electrons. The van der Waals surface area contributed by atoms with Crippen molar-refractivity contribution in [1.82, 2.24) is 4.90 Å². The number of benzene rings is 1. The monoisotopic (exact) mass is 303 g/mol. The van der Waals surface area contributed by atoms with Gasteiger partial charge >= 0.3 is 5.97 Å². The third-order valence-electron chi connectivity index (χ3n) is 4.11. The number of guanidine groups is 1. The average molecular weight is 303 g/mol. The minimum Gasteiger partial charge on any atom is -0.427 e. The van der Waals surface area contributed by atoms with E-state index in [4.69, 9.17) is 15.9 Å². The molecule has 1 atom stereocenters. The van der Waals surface area contributed by atoms with Gasteiger partial charge in [0.25, 0.3) is 0 Å². The molecule has 0 aromatic heterocycles. The zero-order valence-electron chi connectivity index (χ0n) is 13.2. The van der Waals surface area contributed by atoms with Crippen molar-refractivity contribution in [2.45, 2.75) is 39.0 Å². The van der Waals surface area contributed by atoms with Gasteiger partial charge in [0.2, 0.25) is 0 Å². The van der Waals surface area contributed by atoms with Crippen LogP contribution in [0.4, 0.5) is 0 Å². The van der Waals surface area contributed by atoms with E-state index in [1.165, 1.54) is 0 Å². The number of carbonyl (C=O) groups excluding carboxylic acids is 1. The summed E-state index contributed by atoms with van der Waals surface area (Å²) in [4.78, 5) is 13.7. The number of rotatable bonds is 5. The zero-order chi connectivity index (χ0) is 15.9. The highest BCUT2D eigenvalue weighted by molar-refractivity contribution is 5.74. The van der Waals surface area contributed by atoms with Crippen LogP contribution in [0.2, 0.25) is 0 Å². The molecule has 22 heavy (non-hydrogen) atoms. The summed E-state index contributed by atoms with van der Waals surface area (Å²) < 4.78 is 5.31. The molecule has 1 heterocycles. The highest BCUT2D eigenvalue weighted by atomic mass is 16.5. The Bertz CT molecular complexity index is 513. The minimum absolute atomic E-state index is 0.156. The second-order valence-electron chi connectivity index (χ2n) is 6.02. The Hall–Kier alpha value is -2.04. The molecule has 120 valence electrons. The number of likely N-dealkylation sites (tertiary alicyclic amines) is 1. The maximum Gasteiger partial charge on any atom is 0.311 e. The summed E-state index contributed by atoms with van der Waals surface area (Å²) in [6, 6.07) is 7.50. The number of ether oxygens (including phenoxy) is 1. The molecule has 0 amide bonds. The zero-order valence-corrected chi connectivity index (χ0v) is 13.2. The molecule has 0 aliphatic carbocycles. The van der Waals surface area contributed by atoms with E-state index in [-0.39, 0.29) is 11.9 Å². The summed E-state index contributed by atoms with van der Waals surface area (Å²) in [6.07, 6.45) is 4.45. The van der Waals surface area contributed by atoms with Crippen LogP contribution in [-0.2, 0) is 4.79 Å². The third kappa shape index (κ3) is 5.06. The lowest BCUT2D eigenvalue weighted by molar-refractivity contribution is -0.134. The molecule has 0 bridgehead atoms. The lowest BCUT2D eigenvalue weighted by Gasteiger charge is -2.32. The van der Waals surface area contributed by atoms with E-state index in [2.05, 4.69) is 0 Å². The topological polar surface area (TPSA) is 79.4 Å². The molecule has 3 N–H and O–H groups in total. The van der Waals surface area contributed by atoms with Crippen LogP contribution in [-0.4, -0.2) is 29.9 Å². The second-order valence-corrected chi connectivity index (χ2v) is 6.02. The minimum atomic E-state index is -0.178.